The Bertz CT molecular complexity index is 437. The summed E-state index contributed by atoms with van der Waals surface area (Å²) in [6.07, 6.45) is 2.68. The number of likely N-dealkylation sites (tertiary alicyclic amines) is 1. The second kappa shape index (κ2) is 5.97. The maximum atomic E-state index is 5.41. The Hall–Kier alpha value is -1.68. The molecule has 0 spiro atoms. The molecule has 1 aliphatic heterocycles. The summed E-state index contributed by atoms with van der Waals surface area (Å²) in [6, 6.07) is 5.75. The zero-order valence-electron chi connectivity index (χ0n) is 11.9. The molecular formula is C15H22N2O2. The highest BCUT2D eigenvalue weighted by atomic mass is 16.5. The van der Waals surface area contributed by atoms with Gasteiger partial charge >= 0.3 is 0 Å². The highest BCUT2D eigenvalue weighted by Crippen LogP contribution is 2.33. The van der Waals surface area contributed by atoms with Crippen LogP contribution in [0.25, 0.3) is 5.70 Å². The van der Waals surface area contributed by atoms with Gasteiger partial charge in [0.05, 0.1) is 25.9 Å². The van der Waals surface area contributed by atoms with E-state index in [4.69, 9.17) is 9.47 Å². The maximum Gasteiger partial charge on any atom is 0.131 e. The van der Waals surface area contributed by atoms with E-state index in [0.717, 1.165) is 35.7 Å². The molecule has 0 amide bonds. The standard InChI is InChI=1S/C15H22N2O2/c1-11(16-14-9-6-10-17(14)2)15-12(18-3)7-5-8-13(15)19-4/h5,7-8,14,16H,1,6,9-10H2,2-4H3. The molecule has 4 nitrogen and oxygen atoms in total. The SMILES string of the molecule is C=C(NC1CCCN1C)c1c(OC)cccc1OC. The van der Waals surface area contributed by atoms with Crippen LogP contribution in [0.5, 0.6) is 11.5 Å². The third-order valence-electron chi connectivity index (χ3n) is 3.59. The van der Waals surface area contributed by atoms with Crippen molar-refractivity contribution in [3.05, 3.63) is 30.3 Å². The van der Waals surface area contributed by atoms with E-state index < -0.39 is 0 Å². The van der Waals surface area contributed by atoms with E-state index in [-0.39, 0.29) is 0 Å². The van der Waals surface area contributed by atoms with Gasteiger partial charge in [0.15, 0.2) is 0 Å². The van der Waals surface area contributed by atoms with E-state index in [1.807, 2.05) is 18.2 Å². The van der Waals surface area contributed by atoms with Crippen LogP contribution in [0.3, 0.4) is 0 Å². The van der Waals surface area contributed by atoms with Crippen LogP contribution in [0, 0.1) is 0 Å². The lowest BCUT2D eigenvalue weighted by atomic mass is 10.1. The smallest absolute Gasteiger partial charge is 0.131 e. The van der Waals surface area contributed by atoms with Gasteiger partial charge in [0.2, 0.25) is 0 Å². The first-order chi connectivity index (χ1) is 9.17. The first kappa shape index (κ1) is 13.7. The van der Waals surface area contributed by atoms with Crippen molar-refractivity contribution in [3.8, 4) is 11.5 Å². The number of ether oxygens (including phenoxy) is 2. The van der Waals surface area contributed by atoms with E-state index in [2.05, 4.69) is 23.8 Å². The summed E-state index contributed by atoms with van der Waals surface area (Å²) in [5.41, 5.74) is 1.74. The molecular weight excluding hydrogens is 240 g/mol. The lowest BCUT2D eigenvalue weighted by Gasteiger charge is -2.24. The molecule has 1 fully saturated rings. The molecule has 104 valence electrons. The van der Waals surface area contributed by atoms with Gasteiger partial charge in [0.25, 0.3) is 0 Å². The Kier molecular flexibility index (Phi) is 4.32. The lowest BCUT2D eigenvalue weighted by Crippen LogP contribution is -2.37. The first-order valence-electron chi connectivity index (χ1n) is 6.54. The van der Waals surface area contributed by atoms with Crippen molar-refractivity contribution in [2.75, 3.05) is 27.8 Å². The molecule has 1 N–H and O–H groups in total. The molecule has 1 aliphatic rings. The van der Waals surface area contributed by atoms with Crippen molar-refractivity contribution in [2.24, 2.45) is 0 Å². The number of hydrogen-bond donors (Lipinski definition) is 1. The molecule has 1 aromatic carbocycles. The van der Waals surface area contributed by atoms with Gasteiger partial charge in [0.1, 0.15) is 11.5 Å². The third kappa shape index (κ3) is 2.84. The number of nitrogens with one attached hydrogen (secondary N) is 1. The lowest BCUT2D eigenvalue weighted by molar-refractivity contribution is 0.290. The minimum absolute atomic E-state index is 0.335. The number of nitrogens with zero attached hydrogens (tertiary/aromatic N) is 1. The molecule has 1 saturated heterocycles. The summed E-state index contributed by atoms with van der Waals surface area (Å²) < 4.78 is 10.8. The Balaban J connectivity index is 2.22. The van der Waals surface area contributed by atoms with Gasteiger partial charge in [-0.1, -0.05) is 12.6 Å². The zero-order valence-corrected chi connectivity index (χ0v) is 11.9. The minimum Gasteiger partial charge on any atom is -0.496 e. The van der Waals surface area contributed by atoms with E-state index in [0.29, 0.717) is 6.17 Å². The van der Waals surface area contributed by atoms with Gasteiger partial charge in [-0.25, -0.2) is 0 Å². The summed E-state index contributed by atoms with van der Waals surface area (Å²) in [6.45, 7) is 5.26. The molecule has 0 aliphatic carbocycles. The molecule has 1 unspecified atom stereocenters. The van der Waals surface area contributed by atoms with Crippen LogP contribution in [-0.4, -0.2) is 38.9 Å². The summed E-state index contributed by atoms with van der Waals surface area (Å²) in [7, 11) is 5.44. The van der Waals surface area contributed by atoms with Crippen molar-refractivity contribution < 1.29 is 9.47 Å². The molecule has 1 heterocycles. The van der Waals surface area contributed by atoms with Crippen molar-refractivity contribution in [1.82, 2.24) is 10.2 Å². The van der Waals surface area contributed by atoms with Crippen LogP contribution in [-0.2, 0) is 0 Å². The van der Waals surface area contributed by atoms with Crippen LogP contribution >= 0.6 is 0 Å². The fourth-order valence-corrected chi connectivity index (χ4v) is 2.51. The van der Waals surface area contributed by atoms with Crippen LogP contribution in [0.1, 0.15) is 18.4 Å². The first-order valence-corrected chi connectivity index (χ1v) is 6.54. The predicted octanol–water partition coefficient (Wildman–Crippen LogP) is 2.32. The average molecular weight is 262 g/mol. The topological polar surface area (TPSA) is 33.7 Å². The van der Waals surface area contributed by atoms with Gasteiger partial charge in [-0.3, -0.25) is 4.90 Å². The highest BCUT2D eigenvalue weighted by Gasteiger charge is 2.23. The molecule has 19 heavy (non-hydrogen) atoms. The molecule has 0 radical (unpaired) electrons. The molecule has 1 aromatic rings. The Morgan fingerprint density at radius 3 is 2.42 bits per heavy atom. The second-order valence-electron chi connectivity index (χ2n) is 4.80. The summed E-state index contributed by atoms with van der Waals surface area (Å²) in [5, 5.41) is 3.47. The maximum absolute atomic E-state index is 5.41. The van der Waals surface area contributed by atoms with E-state index in [1.54, 1.807) is 14.2 Å². The zero-order chi connectivity index (χ0) is 13.8. The Morgan fingerprint density at radius 1 is 1.32 bits per heavy atom. The highest BCUT2D eigenvalue weighted by molar-refractivity contribution is 5.73. The monoisotopic (exact) mass is 262 g/mol. The van der Waals surface area contributed by atoms with Crippen molar-refractivity contribution in [3.63, 3.8) is 0 Å². The number of hydrogen-bond acceptors (Lipinski definition) is 4. The molecule has 0 bridgehead atoms. The van der Waals surface area contributed by atoms with Gasteiger partial charge in [-0.2, -0.15) is 0 Å². The Morgan fingerprint density at radius 2 is 1.95 bits per heavy atom. The van der Waals surface area contributed by atoms with Crippen LogP contribution in [0.2, 0.25) is 0 Å². The summed E-state index contributed by atoms with van der Waals surface area (Å²) in [5.74, 6) is 1.55. The molecule has 1 atom stereocenters. The van der Waals surface area contributed by atoms with Gasteiger partial charge in [0, 0.05) is 5.70 Å². The van der Waals surface area contributed by atoms with E-state index in [9.17, 15) is 0 Å². The van der Waals surface area contributed by atoms with Crippen LogP contribution < -0.4 is 14.8 Å². The average Bonchev–Trinajstić information content (AvgIpc) is 2.83. The minimum atomic E-state index is 0.335. The van der Waals surface area contributed by atoms with E-state index in [1.165, 1.54) is 6.42 Å². The molecule has 2 rings (SSSR count). The normalized spacial score (nSPS) is 19.2. The van der Waals surface area contributed by atoms with Gasteiger partial charge in [-0.15, -0.1) is 0 Å². The van der Waals surface area contributed by atoms with Crippen LogP contribution in [0.4, 0.5) is 0 Å². The molecule has 0 aromatic heterocycles. The fraction of sp³-hybridized carbons (Fsp3) is 0.467. The number of rotatable bonds is 5. The Labute approximate surface area is 115 Å². The van der Waals surface area contributed by atoms with Crippen molar-refractivity contribution in [2.45, 2.75) is 19.0 Å². The summed E-state index contributed by atoms with van der Waals surface area (Å²) in [4.78, 5) is 2.30. The fourth-order valence-electron chi connectivity index (χ4n) is 2.51. The molecule has 0 saturated carbocycles. The largest absolute Gasteiger partial charge is 0.496 e. The van der Waals surface area contributed by atoms with Gasteiger partial charge < -0.3 is 14.8 Å². The summed E-state index contributed by atoms with van der Waals surface area (Å²) >= 11 is 0. The van der Waals surface area contributed by atoms with E-state index >= 15 is 0 Å². The third-order valence-corrected chi connectivity index (χ3v) is 3.59. The van der Waals surface area contributed by atoms with Gasteiger partial charge in [-0.05, 0) is 38.6 Å². The second-order valence-corrected chi connectivity index (χ2v) is 4.80. The van der Waals surface area contributed by atoms with Crippen molar-refractivity contribution >= 4 is 5.70 Å². The van der Waals surface area contributed by atoms with Crippen LogP contribution in [0.15, 0.2) is 24.8 Å². The number of methoxy groups -OCH3 is 2. The predicted molar refractivity (Wildman–Crippen MR) is 77.4 cm³/mol. The quantitative estimate of drug-likeness (QED) is 0.883. The molecule has 4 heteroatoms. The number of benzene rings is 1. The van der Waals surface area contributed by atoms with Crippen molar-refractivity contribution in [1.29, 1.82) is 0 Å².